The molecule has 2 aromatic heterocycles. The topological polar surface area (TPSA) is 79.2 Å². The van der Waals surface area contributed by atoms with Gasteiger partial charge in [-0.3, -0.25) is 4.68 Å². The van der Waals surface area contributed by atoms with Gasteiger partial charge in [-0.15, -0.1) is 0 Å². The van der Waals surface area contributed by atoms with E-state index in [0.29, 0.717) is 19.0 Å². The maximum atomic E-state index is 12.2. The van der Waals surface area contributed by atoms with Gasteiger partial charge in [-0.2, -0.15) is 5.10 Å². The second kappa shape index (κ2) is 6.64. The van der Waals surface area contributed by atoms with Crippen LogP contribution in [0.3, 0.4) is 0 Å². The minimum Gasteiger partial charge on any atom is -0.348 e. The predicted molar refractivity (Wildman–Crippen MR) is 85.7 cm³/mol. The van der Waals surface area contributed by atoms with Gasteiger partial charge in [-0.05, 0) is 18.6 Å². The third kappa shape index (κ3) is 3.58. The molecular formula is C15H21N7O. The first-order chi connectivity index (χ1) is 11.1. The molecule has 0 saturated heterocycles. The second-order valence-corrected chi connectivity index (χ2v) is 5.73. The maximum Gasteiger partial charge on any atom is 0.319 e. The average molecular weight is 315 g/mol. The molecule has 1 N–H and O–H groups in total. The molecule has 0 spiro atoms. The third-order valence-electron chi connectivity index (χ3n) is 3.71. The zero-order chi connectivity index (χ0) is 16.2. The van der Waals surface area contributed by atoms with Gasteiger partial charge in [0, 0.05) is 39.6 Å². The lowest BCUT2D eigenvalue weighted by atomic mass is 10.3. The molecule has 122 valence electrons. The fraction of sp³-hybridized carbons (Fsp3) is 0.467. The summed E-state index contributed by atoms with van der Waals surface area (Å²) in [6.45, 7) is 2.73. The number of amides is 2. The molecule has 3 heterocycles. The van der Waals surface area contributed by atoms with E-state index >= 15 is 0 Å². The van der Waals surface area contributed by atoms with Gasteiger partial charge in [-0.1, -0.05) is 0 Å². The van der Waals surface area contributed by atoms with Crippen molar-refractivity contribution in [2.24, 2.45) is 0 Å². The lowest BCUT2D eigenvalue weighted by Crippen LogP contribution is -2.38. The van der Waals surface area contributed by atoms with Crippen LogP contribution in [-0.2, 0) is 19.6 Å². The molecule has 2 amide bonds. The molecule has 0 radical (unpaired) electrons. The number of carbonyl (C=O) groups is 1. The van der Waals surface area contributed by atoms with E-state index < -0.39 is 0 Å². The van der Waals surface area contributed by atoms with Crippen molar-refractivity contribution in [3.63, 3.8) is 0 Å². The Kier molecular flexibility index (Phi) is 4.40. The summed E-state index contributed by atoms with van der Waals surface area (Å²) >= 11 is 0. The monoisotopic (exact) mass is 315 g/mol. The van der Waals surface area contributed by atoms with E-state index in [1.165, 1.54) is 0 Å². The number of fused-ring (bicyclic) bond motifs is 1. The molecular weight excluding hydrogens is 294 g/mol. The molecule has 2 aromatic rings. The second-order valence-electron chi connectivity index (χ2n) is 5.73. The van der Waals surface area contributed by atoms with Gasteiger partial charge in [0.2, 0.25) is 5.95 Å². The van der Waals surface area contributed by atoms with Crippen LogP contribution < -0.4 is 5.32 Å². The molecule has 23 heavy (non-hydrogen) atoms. The lowest BCUT2D eigenvalue weighted by molar-refractivity contribution is 0.169. The highest BCUT2D eigenvalue weighted by Crippen LogP contribution is 2.15. The van der Waals surface area contributed by atoms with Crippen LogP contribution in [0, 0.1) is 0 Å². The van der Waals surface area contributed by atoms with Gasteiger partial charge in [0.05, 0.1) is 24.5 Å². The Morgan fingerprint density at radius 2 is 2.09 bits per heavy atom. The minimum absolute atomic E-state index is 0.0389. The summed E-state index contributed by atoms with van der Waals surface area (Å²) in [6, 6.07) is 3.86. The number of nitrogens with zero attached hydrogens (tertiary/aromatic N) is 6. The summed E-state index contributed by atoms with van der Waals surface area (Å²) < 4.78 is 1.99. The molecule has 8 heteroatoms. The normalized spacial score (nSPS) is 14.1. The number of hydrogen-bond donors (Lipinski definition) is 1. The van der Waals surface area contributed by atoms with E-state index in [1.807, 2.05) is 15.6 Å². The number of urea groups is 1. The Morgan fingerprint density at radius 3 is 2.83 bits per heavy atom. The molecule has 8 nitrogen and oxygen atoms in total. The Balaban J connectivity index is 1.68. The minimum atomic E-state index is 0.0389. The molecule has 0 atom stereocenters. The summed E-state index contributed by atoms with van der Waals surface area (Å²) in [5, 5.41) is 7.76. The summed E-state index contributed by atoms with van der Waals surface area (Å²) in [7, 11) is 3.56. The Hall–Kier alpha value is -2.64. The first-order valence-corrected chi connectivity index (χ1v) is 7.66. The van der Waals surface area contributed by atoms with Crippen molar-refractivity contribution in [3.8, 4) is 0 Å². The van der Waals surface area contributed by atoms with E-state index in [1.54, 1.807) is 37.5 Å². The molecule has 0 bridgehead atoms. The van der Waals surface area contributed by atoms with Gasteiger partial charge in [0.25, 0.3) is 0 Å². The number of nitrogens with one attached hydrogen (secondary N) is 1. The first-order valence-electron chi connectivity index (χ1n) is 7.66. The maximum absolute atomic E-state index is 12.2. The summed E-state index contributed by atoms with van der Waals surface area (Å²) in [6.07, 6.45) is 4.30. The van der Waals surface area contributed by atoms with E-state index in [4.69, 9.17) is 0 Å². The van der Waals surface area contributed by atoms with Crippen LogP contribution >= 0.6 is 0 Å². The summed E-state index contributed by atoms with van der Waals surface area (Å²) in [5.74, 6) is 0.583. The van der Waals surface area contributed by atoms with Crippen LogP contribution in [0.15, 0.2) is 24.5 Å². The van der Waals surface area contributed by atoms with Crippen molar-refractivity contribution in [1.29, 1.82) is 0 Å². The van der Waals surface area contributed by atoms with Crippen LogP contribution in [0.4, 0.5) is 10.7 Å². The van der Waals surface area contributed by atoms with Crippen LogP contribution in [0.25, 0.3) is 0 Å². The number of aromatic nitrogens is 4. The smallest absolute Gasteiger partial charge is 0.319 e. The zero-order valence-electron chi connectivity index (χ0n) is 13.4. The van der Waals surface area contributed by atoms with Gasteiger partial charge >= 0.3 is 6.03 Å². The summed E-state index contributed by atoms with van der Waals surface area (Å²) in [4.78, 5) is 23.9. The summed E-state index contributed by atoms with van der Waals surface area (Å²) in [5.41, 5.74) is 1.98. The number of hydrogen-bond acceptors (Lipinski definition) is 5. The van der Waals surface area contributed by atoms with Crippen molar-refractivity contribution in [3.05, 3.63) is 35.9 Å². The highest BCUT2D eigenvalue weighted by Gasteiger charge is 2.21. The molecule has 0 saturated carbocycles. The van der Waals surface area contributed by atoms with Crippen LogP contribution in [-0.4, -0.2) is 56.2 Å². The molecule has 3 rings (SSSR count). The van der Waals surface area contributed by atoms with Crippen LogP contribution in [0.5, 0.6) is 0 Å². The number of anilines is 1. The van der Waals surface area contributed by atoms with E-state index in [-0.39, 0.29) is 6.03 Å². The van der Waals surface area contributed by atoms with Crippen molar-refractivity contribution < 1.29 is 4.79 Å². The van der Waals surface area contributed by atoms with E-state index in [2.05, 4.69) is 20.4 Å². The fourth-order valence-electron chi connectivity index (χ4n) is 2.61. The van der Waals surface area contributed by atoms with Gasteiger partial charge in [0.15, 0.2) is 0 Å². The largest absolute Gasteiger partial charge is 0.348 e. The van der Waals surface area contributed by atoms with Gasteiger partial charge in [0.1, 0.15) is 0 Å². The van der Waals surface area contributed by atoms with Gasteiger partial charge in [-0.25, -0.2) is 14.8 Å². The van der Waals surface area contributed by atoms with Gasteiger partial charge < -0.3 is 15.1 Å². The molecule has 0 aromatic carbocycles. The molecule has 0 aliphatic carbocycles. The number of carbonyl (C=O) groups excluding carboxylic acids is 1. The van der Waals surface area contributed by atoms with Crippen molar-refractivity contribution in [1.82, 2.24) is 29.5 Å². The molecule has 1 aliphatic heterocycles. The van der Waals surface area contributed by atoms with Crippen molar-refractivity contribution in [2.75, 3.05) is 26.0 Å². The SMILES string of the molecule is CN(C)C(=O)N1CCCn2nc(CNc3ncccn3)cc2C1. The first kappa shape index (κ1) is 15.3. The number of rotatable bonds is 3. The third-order valence-corrected chi connectivity index (χ3v) is 3.71. The molecule has 0 fully saturated rings. The highest BCUT2D eigenvalue weighted by molar-refractivity contribution is 5.73. The van der Waals surface area contributed by atoms with Crippen molar-refractivity contribution >= 4 is 12.0 Å². The Morgan fingerprint density at radius 1 is 1.30 bits per heavy atom. The average Bonchev–Trinajstić information content (AvgIpc) is 2.83. The lowest BCUT2D eigenvalue weighted by Gasteiger charge is -2.23. The standard InChI is InChI=1S/C15H21N7O/c1-20(2)15(23)21-7-4-8-22-13(11-21)9-12(19-22)10-18-14-16-5-3-6-17-14/h3,5-6,9H,4,7-8,10-11H2,1-2H3,(H,16,17,18). The molecule has 1 aliphatic rings. The molecule has 0 unspecified atom stereocenters. The van der Waals surface area contributed by atoms with E-state index in [0.717, 1.165) is 30.9 Å². The van der Waals surface area contributed by atoms with Crippen LogP contribution in [0.2, 0.25) is 0 Å². The number of aryl methyl sites for hydroxylation is 1. The Labute approximate surface area is 135 Å². The predicted octanol–water partition coefficient (Wildman–Crippen LogP) is 1.17. The quantitative estimate of drug-likeness (QED) is 0.920. The Bertz CT molecular complexity index is 668. The van der Waals surface area contributed by atoms with Crippen molar-refractivity contribution in [2.45, 2.75) is 26.1 Å². The fourth-order valence-corrected chi connectivity index (χ4v) is 2.61. The highest BCUT2D eigenvalue weighted by atomic mass is 16.2. The van der Waals surface area contributed by atoms with Crippen LogP contribution in [0.1, 0.15) is 17.8 Å². The zero-order valence-corrected chi connectivity index (χ0v) is 13.4. The van der Waals surface area contributed by atoms with E-state index in [9.17, 15) is 4.79 Å².